The van der Waals surface area contributed by atoms with Crippen molar-refractivity contribution in [1.82, 2.24) is 4.90 Å². The molecule has 1 amide bonds. The number of carbonyl (C=O) groups excluding carboxylic acids is 1. The molecule has 1 N–H and O–H groups in total. The fourth-order valence-corrected chi connectivity index (χ4v) is 3.63. The molecule has 0 bridgehead atoms. The van der Waals surface area contributed by atoms with E-state index in [1.165, 1.54) is 10.4 Å². The zero-order chi connectivity index (χ0) is 17.0. The van der Waals surface area contributed by atoms with Gasteiger partial charge < -0.3 is 5.32 Å². The monoisotopic (exact) mass is 330 g/mol. The summed E-state index contributed by atoms with van der Waals surface area (Å²) in [6.45, 7) is 11.9. The van der Waals surface area contributed by atoms with E-state index >= 15 is 0 Å². The standard InChI is InChI=1S/C19H26N2OS/c1-6-21(12-17-8-7-9-23-17)16(5)19(22)20-18-14(3)10-13(2)11-15(18)4/h7-11,16H,6,12H2,1-5H3,(H,20,22)/t16-/m1/s1. The number of rotatable bonds is 6. The van der Waals surface area contributed by atoms with Gasteiger partial charge in [0.05, 0.1) is 6.04 Å². The molecule has 0 aliphatic rings. The van der Waals surface area contributed by atoms with Crippen LogP contribution in [0.2, 0.25) is 0 Å². The molecule has 2 aromatic rings. The van der Waals surface area contributed by atoms with E-state index in [4.69, 9.17) is 0 Å². The minimum atomic E-state index is -0.165. The van der Waals surface area contributed by atoms with Crippen LogP contribution in [0.5, 0.6) is 0 Å². The van der Waals surface area contributed by atoms with E-state index in [2.05, 4.69) is 53.7 Å². The van der Waals surface area contributed by atoms with Crippen LogP contribution in [0.3, 0.4) is 0 Å². The van der Waals surface area contributed by atoms with Gasteiger partial charge in [0.2, 0.25) is 5.91 Å². The predicted octanol–water partition coefficient (Wildman–Crippen LogP) is 4.52. The average molecular weight is 330 g/mol. The van der Waals surface area contributed by atoms with Crippen molar-refractivity contribution in [3.63, 3.8) is 0 Å². The number of carbonyl (C=O) groups is 1. The Morgan fingerprint density at radius 1 is 1.26 bits per heavy atom. The number of thiophene rings is 1. The highest BCUT2D eigenvalue weighted by molar-refractivity contribution is 7.09. The smallest absolute Gasteiger partial charge is 0.241 e. The molecular formula is C19H26N2OS. The van der Waals surface area contributed by atoms with E-state index in [0.717, 1.165) is 29.9 Å². The number of nitrogens with one attached hydrogen (secondary N) is 1. The second kappa shape index (κ2) is 7.75. The molecule has 0 radical (unpaired) electrons. The summed E-state index contributed by atoms with van der Waals surface area (Å²) in [4.78, 5) is 16.2. The maximum Gasteiger partial charge on any atom is 0.241 e. The first-order chi connectivity index (χ1) is 10.9. The average Bonchev–Trinajstić information content (AvgIpc) is 3.00. The van der Waals surface area contributed by atoms with Crippen LogP contribution in [0.15, 0.2) is 29.6 Å². The first kappa shape index (κ1) is 17.7. The number of hydrogen-bond acceptors (Lipinski definition) is 3. The van der Waals surface area contributed by atoms with E-state index in [9.17, 15) is 4.79 Å². The maximum atomic E-state index is 12.7. The maximum absolute atomic E-state index is 12.7. The van der Waals surface area contributed by atoms with Crippen molar-refractivity contribution in [2.45, 2.75) is 47.2 Å². The minimum Gasteiger partial charge on any atom is -0.324 e. The molecule has 1 atom stereocenters. The van der Waals surface area contributed by atoms with E-state index in [0.29, 0.717) is 0 Å². The molecule has 0 unspecified atom stereocenters. The molecule has 0 saturated heterocycles. The summed E-state index contributed by atoms with van der Waals surface area (Å²) in [7, 11) is 0. The molecule has 0 aliphatic carbocycles. The number of benzene rings is 1. The van der Waals surface area contributed by atoms with Gasteiger partial charge in [0.1, 0.15) is 0 Å². The Hall–Kier alpha value is -1.65. The fourth-order valence-electron chi connectivity index (χ4n) is 2.90. The van der Waals surface area contributed by atoms with Gasteiger partial charge in [-0.2, -0.15) is 0 Å². The van der Waals surface area contributed by atoms with Crippen molar-refractivity contribution in [2.75, 3.05) is 11.9 Å². The summed E-state index contributed by atoms with van der Waals surface area (Å²) in [6.07, 6.45) is 0. The quantitative estimate of drug-likeness (QED) is 0.844. The van der Waals surface area contributed by atoms with E-state index < -0.39 is 0 Å². The number of nitrogens with zero attached hydrogens (tertiary/aromatic N) is 1. The second-order valence-electron chi connectivity index (χ2n) is 6.08. The molecule has 4 heteroatoms. The first-order valence-corrected chi connectivity index (χ1v) is 8.95. The van der Waals surface area contributed by atoms with Crippen LogP contribution in [0.4, 0.5) is 5.69 Å². The summed E-state index contributed by atoms with van der Waals surface area (Å²) < 4.78 is 0. The zero-order valence-corrected chi connectivity index (χ0v) is 15.5. The molecule has 2 rings (SSSR count). The molecule has 23 heavy (non-hydrogen) atoms. The van der Waals surface area contributed by atoms with Crippen molar-refractivity contribution < 1.29 is 4.79 Å². The van der Waals surface area contributed by atoms with E-state index in [1.54, 1.807) is 11.3 Å². The van der Waals surface area contributed by atoms with Crippen molar-refractivity contribution in [3.05, 3.63) is 51.2 Å². The highest BCUT2D eigenvalue weighted by atomic mass is 32.1. The van der Waals surface area contributed by atoms with Crippen molar-refractivity contribution in [1.29, 1.82) is 0 Å². The SMILES string of the molecule is CCN(Cc1cccs1)[C@H](C)C(=O)Nc1c(C)cc(C)cc1C. The predicted molar refractivity (Wildman–Crippen MR) is 99.1 cm³/mol. The molecule has 0 saturated carbocycles. The van der Waals surface area contributed by atoms with Gasteiger partial charge >= 0.3 is 0 Å². The van der Waals surface area contributed by atoms with E-state index in [-0.39, 0.29) is 11.9 Å². The third-order valence-electron chi connectivity index (χ3n) is 4.20. The molecule has 0 spiro atoms. The molecular weight excluding hydrogens is 304 g/mol. The van der Waals surface area contributed by atoms with E-state index in [1.807, 2.05) is 20.8 Å². The van der Waals surface area contributed by atoms with Gasteiger partial charge in [-0.3, -0.25) is 9.69 Å². The van der Waals surface area contributed by atoms with Crippen LogP contribution in [-0.4, -0.2) is 23.4 Å². The molecule has 3 nitrogen and oxygen atoms in total. The lowest BCUT2D eigenvalue weighted by Crippen LogP contribution is -2.41. The Morgan fingerprint density at radius 2 is 1.91 bits per heavy atom. The van der Waals surface area contributed by atoms with Crippen LogP contribution in [-0.2, 0) is 11.3 Å². The number of hydrogen-bond donors (Lipinski definition) is 1. The Labute approximate surface area is 143 Å². The number of aryl methyl sites for hydroxylation is 3. The molecule has 0 aliphatic heterocycles. The van der Waals surface area contributed by atoms with Gasteiger partial charge in [-0.05, 0) is 56.8 Å². The Kier molecular flexibility index (Phi) is 5.97. The zero-order valence-electron chi connectivity index (χ0n) is 14.6. The lowest BCUT2D eigenvalue weighted by Gasteiger charge is -2.27. The van der Waals surface area contributed by atoms with Crippen LogP contribution < -0.4 is 5.32 Å². The highest BCUT2D eigenvalue weighted by Gasteiger charge is 2.21. The molecule has 1 aromatic carbocycles. The molecule has 0 fully saturated rings. The van der Waals surface area contributed by atoms with Crippen LogP contribution in [0.1, 0.15) is 35.4 Å². The van der Waals surface area contributed by atoms with Gasteiger partial charge in [-0.1, -0.05) is 30.7 Å². The third kappa shape index (κ3) is 4.43. The third-order valence-corrected chi connectivity index (χ3v) is 5.06. The first-order valence-electron chi connectivity index (χ1n) is 8.07. The van der Waals surface area contributed by atoms with Gasteiger partial charge in [0.15, 0.2) is 0 Å². The van der Waals surface area contributed by atoms with Gasteiger partial charge in [0.25, 0.3) is 0 Å². The highest BCUT2D eigenvalue weighted by Crippen LogP contribution is 2.23. The minimum absolute atomic E-state index is 0.0541. The summed E-state index contributed by atoms with van der Waals surface area (Å²) in [5.41, 5.74) is 4.40. The summed E-state index contributed by atoms with van der Waals surface area (Å²) >= 11 is 1.73. The number of likely N-dealkylation sites (N-methyl/N-ethyl adjacent to an activating group) is 1. The van der Waals surface area contributed by atoms with Crippen LogP contribution in [0.25, 0.3) is 0 Å². The van der Waals surface area contributed by atoms with Crippen LogP contribution in [0, 0.1) is 20.8 Å². The summed E-state index contributed by atoms with van der Waals surface area (Å²) in [5, 5.41) is 5.20. The van der Waals surface area contributed by atoms with Gasteiger partial charge in [-0.15, -0.1) is 11.3 Å². The summed E-state index contributed by atoms with van der Waals surface area (Å²) in [6, 6.07) is 8.22. The van der Waals surface area contributed by atoms with Crippen LogP contribution >= 0.6 is 11.3 Å². The fraction of sp³-hybridized carbons (Fsp3) is 0.421. The molecule has 1 heterocycles. The summed E-state index contributed by atoms with van der Waals surface area (Å²) in [5.74, 6) is 0.0541. The van der Waals surface area contributed by atoms with Crippen molar-refractivity contribution in [2.24, 2.45) is 0 Å². The normalized spacial score (nSPS) is 12.4. The molecule has 124 valence electrons. The number of amides is 1. The van der Waals surface area contributed by atoms with Gasteiger partial charge in [0, 0.05) is 17.1 Å². The second-order valence-corrected chi connectivity index (χ2v) is 7.11. The van der Waals surface area contributed by atoms with Crippen molar-refractivity contribution in [3.8, 4) is 0 Å². The Balaban J connectivity index is 2.10. The Morgan fingerprint density at radius 3 is 2.43 bits per heavy atom. The lowest BCUT2D eigenvalue weighted by molar-refractivity contribution is -0.120. The largest absolute Gasteiger partial charge is 0.324 e. The Bertz CT molecular complexity index is 641. The molecule has 1 aromatic heterocycles. The van der Waals surface area contributed by atoms with Crippen molar-refractivity contribution >= 4 is 22.9 Å². The number of anilines is 1. The van der Waals surface area contributed by atoms with Gasteiger partial charge in [-0.25, -0.2) is 0 Å². The lowest BCUT2D eigenvalue weighted by atomic mass is 10.0. The topological polar surface area (TPSA) is 32.3 Å².